The number of aryl methyl sites for hydroxylation is 1. The van der Waals surface area contributed by atoms with Crippen molar-refractivity contribution in [3.8, 4) is 0 Å². The van der Waals surface area contributed by atoms with Crippen LogP contribution in [-0.2, 0) is 4.79 Å². The van der Waals surface area contributed by atoms with E-state index in [1.807, 2.05) is 11.8 Å². The Balaban J connectivity index is 1.58. The molecule has 0 aliphatic carbocycles. The lowest BCUT2D eigenvalue weighted by Crippen LogP contribution is -2.52. The van der Waals surface area contributed by atoms with Crippen LogP contribution in [0.25, 0.3) is 0 Å². The number of amides is 2. The van der Waals surface area contributed by atoms with E-state index in [9.17, 15) is 9.59 Å². The molecule has 0 radical (unpaired) electrons. The number of hydrogen-bond donors (Lipinski definition) is 0. The molecule has 3 heterocycles. The average molecular weight is 374 g/mol. The van der Waals surface area contributed by atoms with Gasteiger partial charge in [0.1, 0.15) is 6.33 Å². The van der Waals surface area contributed by atoms with Crippen molar-refractivity contribution in [2.75, 3.05) is 46.8 Å². The predicted octanol–water partition coefficient (Wildman–Crippen LogP) is 1.58. The van der Waals surface area contributed by atoms with Gasteiger partial charge in [-0.15, -0.1) is 0 Å². The third-order valence-corrected chi connectivity index (χ3v) is 6.03. The van der Waals surface area contributed by atoms with Crippen LogP contribution in [0.3, 0.4) is 0 Å². The van der Waals surface area contributed by atoms with E-state index < -0.39 is 0 Å². The van der Waals surface area contributed by atoms with Crippen LogP contribution in [0.4, 0.5) is 0 Å². The van der Waals surface area contributed by atoms with Gasteiger partial charge in [-0.25, -0.2) is 9.97 Å². The Labute approximate surface area is 161 Å². The lowest BCUT2D eigenvalue weighted by molar-refractivity contribution is -0.139. The Kier molecular flexibility index (Phi) is 6.09. The fraction of sp³-hybridized carbons (Fsp3) is 0.700. The van der Waals surface area contributed by atoms with Crippen LogP contribution in [0.15, 0.2) is 12.5 Å². The molecule has 2 fully saturated rings. The first-order chi connectivity index (χ1) is 12.9. The van der Waals surface area contributed by atoms with E-state index in [-0.39, 0.29) is 17.2 Å². The Morgan fingerprint density at radius 2 is 2.00 bits per heavy atom. The van der Waals surface area contributed by atoms with Crippen LogP contribution < -0.4 is 0 Å². The molecule has 0 bridgehead atoms. The molecular weight excluding hydrogens is 342 g/mol. The summed E-state index contributed by atoms with van der Waals surface area (Å²) in [6, 6.07) is 0. The molecule has 0 saturated carbocycles. The minimum atomic E-state index is 0.0256. The quantitative estimate of drug-likeness (QED) is 0.784. The monoisotopic (exact) mass is 373 g/mol. The number of hydrogen-bond acceptors (Lipinski definition) is 5. The molecule has 1 aromatic rings. The van der Waals surface area contributed by atoms with Gasteiger partial charge in [0, 0.05) is 38.8 Å². The van der Waals surface area contributed by atoms with Crippen molar-refractivity contribution in [1.29, 1.82) is 0 Å². The number of piperidine rings is 2. The maximum atomic E-state index is 12.8. The minimum Gasteiger partial charge on any atom is -0.342 e. The summed E-state index contributed by atoms with van der Waals surface area (Å²) < 4.78 is 0. The fourth-order valence-electron chi connectivity index (χ4n) is 4.25. The van der Waals surface area contributed by atoms with Crippen molar-refractivity contribution in [3.63, 3.8) is 0 Å². The van der Waals surface area contributed by atoms with Gasteiger partial charge in [0.2, 0.25) is 5.91 Å². The molecule has 1 spiro atoms. The van der Waals surface area contributed by atoms with Crippen molar-refractivity contribution < 1.29 is 9.59 Å². The zero-order valence-electron chi connectivity index (χ0n) is 16.8. The van der Waals surface area contributed by atoms with Crippen LogP contribution >= 0.6 is 0 Å². The molecule has 7 heteroatoms. The van der Waals surface area contributed by atoms with Gasteiger partial charge >= 0.3 is 0 Å². The molecule has 2 amide bonds. The lowest BCUT2D eigenvalue weighted by atomic mass is 9.72. The van der Waals surface area contributed by atoms with Crippen LogP contribution in [-0.4, -0.2) is 83.3 Å². The summed E-state index contributed by atoms with van der Waals surface area (Å²) in [6.07, 6.45) is 7.60. The molecule has 2 saturated heterocycles. The number of aromatic nitrogens is 2. The smallest absolute Gasteiger partial charge is 0.257 e. The second-order valence-corrected chi connectivity index (χ2v) is 8.29. The topological polar surface area (TPSA) is 69.6 Å². The van der Waals surface area contributed by atoms with Gasteiger partial charge in [-0.2, -0.15) is 0 Å². The molecule has 148 valence electrons. The molecule has 7 nitrogen and oxygen atoms in total. The summed E-state index contributed by atoms with van der Waals surface area (Å²) >= 11 is 0. The molecule has 27 heavy (non-hydrogen) atoms. The summed E-state index contributed by atoms with van der Waals surface area (Å²) in [4.78, 5) is 39.4. The molecule has 0 atom stereocenters. The average Bonchev–Trinajstić information content (AvgIpc) is 2.65. The van der Waals surface area contributed by atoms with Gasteiger partial charge in [0.05, 0.1) is 11.3 Å². The van der Waals surface area contributed by atoms with Gasteiger partial charge < -0.3 is 14.7 Å². The van der Waals surface area contributed by atoms with E-state index in [2.05, 4.69) is 33.9 Å². The summed E-state index contributed by atoms with van der Waals surface area (Å²) in [5.41, 5.74) is 1.49. The first-order valence-corrected chi connectivity index (χ1v) is 9.89. The highest BCUT2D eigenvalue weighted by molar-refractivity contribution is 5.95. The summed E-state index contributed by atoms with van der Waals surface area (Å²) in [7, 11) is 4.12. The second-order valence-electron chi connectivity index (χ2n) is 8.29. The van der Waals surface area contributed by atoms with Gasteiger partial charge in [0.25, 0.3) is 5.91 Å². The minimum absolute atomic E-state index is 0.0256. The van der Waals surface area contributed by atoms with E-state index in [1.165, 1.54) is 6.33 Å². The van der Waals surface area contributed by atoms with Crippen molar-refractivity contribution in [3.05, 3.63) is 23.8 Å². The third kappa shape index (κ3) is 4.64. The fourth-order valence-corrected chi connectivity index (χ4v) is 4.25. The number of carbonyl (C=O) groups excluding carboxylic acids is 2. The number of carbonyl (C=O) groups is 2. The first kappa shape index (κ1) is 19.7. The van der Waals surface area contributed by atoms with Gasteiger partial charge in [0.15, 0.2) is 0 Å². The summed E-state index contributed by atoms with van der Waals surface area (Å²) in [5.74, 6) is 0.313. The molecule has 2 aliphatic heterocycles. The van der Waals surface area contributed by atoms with Crippen LogP contribution in [0, 0.1) is 12.3 Å². The maximum Gasteiger partial charge on any atom is 0.257 e. The molecule has 0 unspecified atom stereocenters. The van der Waals surface area contributed by atoms with Crippen molar-refractivity contribution >= 4 is 11.8 Å². The normalized spacial score (nSPS) is 19.8. The Bertz CT molecular complexity index is 683. The van der Waals surface area contributed by atoms with E-state index >= 15 is 0 Å². The maximum absolute atomic E-state index is 12.8. The van der Waals surface area contributed by atoms with E-state index in [4.69, 9.17) is 0 Å². The number of rotatable bonds is 5. The molecule has 3 rings (SSSR count). The van der Waals surface area contributed by atoms with Crippen molar-refractivity contribution in [2.24, 2.45) is 5.41 Å². The standard InChI is InChI=1S/C20H31N5O2/c1-16-17(13-21-15-22-16)19(27)24-11-7-20(8-12-24)6-5-18(26)25(14-20)10-4-9-23(2)3/h13,15H,4-12,14H2,1-3H3. The molecule has 0 N–H and O–H groups in total. The van der Waals surface area contributed by atoms with E-state index in [1.54, 1.807) is 6.20 Å². The number of likely N-dealkylation sites (tertiary alicyclic amines) is 2. The molecular formula is C20H31N5O2. The first-order valence-electron chi connectivity index (χ1n) is 9.89. The SMILES string of the molecule is Cc1ncncc1C(=O)N1CCC2(CCC(=O)N(CCCN(C)C)C2)CC1. The van der Waals surface area contributed by atoms with E-state index in [0.29, 0.717) is 12.0 Å². The predicted molar refractivity (Wildman–Crippen MR) is 103 cm³/mol. The Hall–Kier alpha value is -2.02. The third-order valence-electron chi connectivity index (χ3n) is 6.03. The van der Waals surface area contributed by atoms with Crippen molar-refractivity contribution in [2.45, 2.75) is 39.0 Å². The van der Waals surface area contributed by atoms with Gasteiger partial charge in [-0.3, -0.25) is 9.59 Å². The van der Waals surface area contributed by atoms with Crippen LogP contribution in [0.2, 0.25) is 0 Å². The lowest BCUT2D eigenvalue weighted by Gasteiger charge is -2.47. The zero-order valence-corrected chi connectivity index (χ0v) is 16.8. The van der Waals surface area contributed by atoms with Crippen molar-refractivity contribution in [1.82, 2.24) is 24.7 Å². The summed E-state index contributed by atoms with van der Waals surface area (Å²) in [6.45, 7) is 6.01. The zero-order chi connectivity index (χ0) is 19.4. The van der Waals surface area contributed by atoms with Gasteiger partial charge in [-0.05, 0) is 58.7 Å². The highest BCUT2D eigenvalue weighted by Crippen LogP contribution is 2.40. The molecule has 1 aromatic heterocycles. The van der Waals surface area contributed by atoms with E-state index in [0.717, 1.165) is 64.1 Å². The van der Waals surface area contributed by atoms with Crippen LogP contribution in [0.5, 0.6) is 0 Å². The largest absolute Gasteiger partial charge is 0.342 e. The Morgan fingerprint density at radius 3 is 2.67 bits per heavy atom. The molecule has 0 aromatic carbocycles. The highest BCUT2D eigenvalue weighted by atomic mass is 16.2. The van der Waals surface area contributed by atoms with Gasteiger partial charge in [-0.1, -0.05) is 0 Å². The molecule has 2 aliphatic rings. The number of nitrogens with zero attached hydrogens (tertiary/aromatic N) is 5. The van der Waals surface area contributed by atoms with Crippen LogP contribution in [0.1, 0.15) is 48.2 Å². The Morgan fingerprint density at radius 1 is 1.26 bits per heavy atom. The second kappa shape index (κ2) is 8.33. The summed E-state index contributed by atoms with van der Waals surface area (Å²) in [5, 5.41) is 0. The highest BCUT2D eigenvalue weighted by Gasteiger charge is 2.41.